The van der Waals surface area contributed by atoms with E-state index in [0.717, 1.165) is 53.6 Å². The van der Waals surface area contributed by atoms with Gasteiger partial charge in [0.05, 0.1) is 29.4 Å². The quantitative estimate of drug-likeness (QED) is 0.322. The number of nitrogens with zero attached hydrogens (tertiary/aromatic N) is 6. The zero-order valence-corrected chi connectivity index (χ0v) is 19.6. The Balaban J connectivity index is 1.42. The summed E-state index contributed by atoms with van der Waals surface area (Å²) in [5.41, 5.74) is 10.9. The van der Waals surface area contributed by atoms with Crippen molar-refractivity contribution in [3.8, 4) is 23.1 Å². The first-order valence-corrected chi connectivity index (χ1v) is 11.9. The summed E-state index contributed by atoms with van der Waals surface area (Å²) in [5, 5.41) is 21.7. The first-order chi connectivity index (χ1) is 17.7. The number of nitrogens with one attached hydrogen (secondary N) is 2. The molecule has 6 rings (SSSR count). The summed E-state index contributed by atoms with van der Waals surface area (Å²) < 4.78 is 3.98. The average molecular weight is 476 g/mol. The number of fused-ring (bicyclic) bond motifs is 1. The number of rotatable bonds is 5. The molecule has 0 aliphatic carbocycles. The van der Waals surface area contributed by atoms with Crippen molar-refractivity contribution in [1.29, 1.82) is 5.26 Å². The highest BCUT2D eigenvalue weighted by atomic mass is 15.3. The molecule has 9 heteroatoms. The number of piperidine rings is 1. The van der Waals surface area contributed by atoms with E-state index in [1.54, 1.807) is 6.07 Å². The molecule has 1 aliphatic heterocycles. The van der Waals surface area contributed by atoms with Crippen molar-refractivity contribution < 1.29 is 0 Å². The molecular weight excluding hydrogens is 450 g/mol. The Hall–Kier alpha value is -4.68. The van der Waals surface area contributed by atoms with E-state index in [2.05, 4.69) is 32.7 Å². The molecule has 4 heterocycles. The van der Waals surface area contributed by atoms with E-state index >= 15 is 0 Å². The van der Waals surface area contributed by atoms with Gasteiger partial charge in [-0.1, -0.05) is 6.07 Å². The van der Waals surface area contributed by atoms with Crippen LogP contribution in [-0.2, 0) is 0 Å². The molecule has 0 spiro atoms. The minimum absolute atomic E-state index is 0.384. The highest BCUT2D eigenvalue weighted by Gasteiger charge is 2.19. The number of anilines is 3. The lowest BCUT2D eigenvalue weighted by molar-refractivity contribution is 0.343. The molecular formula is C27H25N9. The number of aromatic nitrogens is 5. The van der Waals surface area contributed by atoms with Crippen molar-refractivity contribution in [2.75, 3.05) is 24.1 Å². The molecule has 0 saturated carbocycles. The predicted octanol–water partition coefficient (Wildman–Crippen LogP) is 4.41. The minimum Gasteiger partial charge on any atom is -0.399 e. The van der Waals surface area contributed by atoms with E-state index in [-0.39, 0.29) is 0 Å². The second-order valence-electron chi connectivity index (χ2n) is 8.94. The maximum atomic E-state index is 9.23. The van der Waals surface area contributed by atoms with Crippen LogP contribution in [-0.4, -0.2) is 37.4 Å². The third-order valence-electron chi connectivity index (χ3n) is 6.56. The molecule has 0 radical (unpaired) electrons. The van der Waals surface area contributed by atoms with Crippen LogP contribution in [0.2, 0.25) is 0 Å². The van der Waals surface area contributed by atoms with E-state index < -0.39 is 0 Å². The second kappa shape index (κ2) is 9.17. The molecule has 2 aromatic carbocycles. The molecule has 0 unspecified atom stereocenters. The standard InChI is InChI=1S/C27H25N9/c28-14-18-4-5-25-19(12-18)8-11-35(25)27-31-16-24(26(34-27)33-22-3-1-2-21(29)13-22)20-15-32-36(17-20)23-6-9-30-10-7-23/h1-5,8,11-13,15-17,23,30H,6-7,9-10,29H2,(H,31,33,34). The normalized spacial score (nSPS) is 14.1. The zero-order chi connectivity index (χ0) is 24.5. The summed E-state index contributed by atoms with van der Waals surface area (Å²) in [6.07, 6.45) is 9.81. The number of hydrogen-bond acceptors (Lipinski definition) is 7. The molecule has 9 nitrogen and oxygen atoms in total. The maximum absolute atomic E-state index is 9.23. The molecule has 4 N–H and O–H groups in total. The van der Waals surface area contributed by atoms with Crippen molar-refractivity contribution in [2.45, 2.75) is 18.9 Å². The fourth-order valence-corrected chi connectivity index (χ4v) is 4.68. The van der Waals surface area contributed by atoms with Crippen LogP contribution in [0.1, 0.15) is 24.4 Å². The number of hydrogen-bond donors (Lipinski definition) is 3. The van der Waals surface area contributed by atoms with Gasteiger partial charge in [0, 0.05) is 46.5 Å². The molecule has 1 aliphatic rings. The molecule has 1 saturated heterocycles. The lowest BCUT2D eigenvalue weighted by Gasteiger charge is -2.22. The van der Waals surface area contributed by atoms with Gasteiger partial charge in [-0.2, -0.15) is 15.3 Å². The summed E-state index contributed by atoms with van der Waals surface area (Å²) in [6.45, 7) is 2.00. The van der Waals surface area contributed by atoms with Gasteiger partial charge >= 0.3 is 0 Å². The monoisotopic (exact) mass is 475 g/mol. The van der Waals surface area contributed by atoms with Crippen molar-refractivity contribution in [1.82, 2.24) is 29.6 Å². The largest absolute Gasteiger partial charge is 0.399 e. The molecule has 36 heavy (non-hydrogen) atoms. The Morgan fingerprint density at radius 1 is 1.08 bits per heavy atom. The van der Waals surface area contributed by atoms with Crippen LogP contribution >= 0.6 is 0 Å². The van der Waals surface area contributed by atoms with Crippen LogP contribution in [0.4, 0.5) is 17.2 Å². The maximum Gasteiger partial charge on any atom is 0.236 e. The Morgan fingerprint density at radius 2 is 1.97 bits per heavy atom. The molecule has 0 amide bonds. The van der Waals surface area contributed by atoms with E-state index in [4.69, 9.17) is 15.7 Å². The minimum atomic E-state index is 0.384. The molecule has 5 aromatic rings. The van der Waals surface area contributed by atoms with Crippen LogP contribution in [0, 0.1) is 11.3 Å². The van der Waals surface area contributed by atoms with Gasteiger partial charge in [0.1, 0.15) is 5.82 Å². The summed E-state index contributed by atoms with van der Waals surface area (Å²) in [7, 11) is 0. The second-order valence-corrected chi connectivity index (χ2v) is 8.94. The number of benzene rings is 2. The van der Waals surface area contributed by atoms with E-state index in [1.165, 1.54) is 0 Å². The first-order valence-electron chi connectivity index (χ1n) is 11.9. The molecule has 0 atom stereocenters. The zero-order valence-electron chi connectivity index (χ0n) is 19.6. The summed E-state index contributed by atoms with van der Waals surface area (Å²) in [4.78, 5) is 9.63. The lowest BCUT2D eigenvalue weighted by atomic mass is 10.1. The van der Waals surface area contributed by atoms with Crippen LogP contribution in [0.25, 0.3) is 28.0 Å². The number of nitrogens with two attached hydrogens (primary N) is 1. The van der Waals surface area contributed by atoms with Crippen LogP contribution in [0.3, 0.4) is 0 Å². The average Bonchev–Trinajstić information content (AvgIpc) is 3.57. The third-order valence-corrected chi connectivity index (χ3v) is 6.56. The van der Waals surface area contributed by atoms with Crippen molar-refractivity contribution in [3.63, 3.8) is 0 Å². The number of nitriles is 1. The van der Waals surface area contributed by atoms with E-state index in [0.29, 0.717) is 29.1 Å². The van der Waals surface area contributed by atoms with E-state index in [1.807, 2.05) is 65.6 Å². The fraction of sp³-hybridized carbons (Fsp3) is 0.185. The van der Waals surface area contributed by atoms with Crippen LogP contribution in [0.15, 0.2) is 73.3 Å². The summed E-state index contributed by atoms with van der Waals surface area (Å²) >= 11 is 0. The highest BCUT2D eigenvalue weighted by Crippen LogP contribution is 2.31. The number of nitrogen functional groups attached to an aromatic ring is 1. The van der Waals surface area contributed by atoms with Crippen molar-refractivity contribution in [2.24, 2.45) is 0 Å². The van der Waals surface area contributed by atoms with Gasteiger partial charge in [0.15, 0.2) is 0 Å². The fourth-order valence-electron chi connectivity index (χ4n) is 4.68. The van der Waals surface area contributed by atoms with Gasteiger partial charge in [-0.15, -0.1) is 0 Å². The Bertz CT molecular complexity index is 1580. The molecule has 3 aromatic heterocycles. The van der Waals surface area contributed by atoms with Crippen LogP contribution < -0.4 is 16.4 Å². The molecule has 178 valence electrons. The third kappa shape index (κ3) is 4.15. The SMILES string of the molecule is N#Cc1ccc2c(ccn2-c2ncc(-c3cnn(C4CCNCC4)c3)c(Nc3cccc(N)c3)n2)c1. The van der Waals surface area contributed by atoms with Gasteiger partial charge in [-0.05, 0) is 68.4 Å². The predicted molar refractivity (Wildman–Crippen MR) is 140 cm³/mol. The first kappa shape index (κ1) is 21.8. The molecule has 1 fully saturated rings. The van der Waals surface area contributed by atoms with Gasteiger partial charge in [-0.3, -0.25) is 9.25 Å². The molecule has 0 bridgehead atoms. The van der Waals surface area contributed by atoms with Gasteiger partial charge in [0.2, 0.25) is 5.95 Å². The van der Waals surface area contributed by atoms with Gasteiger partial charge in [-0.25, -0.2) is 4.98 Å². The van der Waals surface area contributed by atoms with Crippen molar-refractivity contribution in [3.05, 3.63) is 78.9 Å². The Morgan fingerprint density at radius 3 is 2.81 bits per heavy atom. The van der Waals surface area contributed by atoms with Gasteiger partial charge in [0.25, 0.3) is 0 Å². The van der Waals surface area contributed by atoms with Crippen molar-refractivity contribution >= 4 is 28.1 Å². The lowest BCUT2D eigenvalue weighted by Crippen LogP contribution is -2.29. The highest BCUT2D eigenvalue weighted by molar-refractivity contribution is 5.83. The Labute approximate surface area is 208 Å². The Kier molecular flexibility index (Phi) is 5.56. The van der Waals surface area contributed by atoms with Gasteiger partial charge < -0.3 is 16.4 Å². The summed E-state index contributed by atoms with van der Waals surface area (Å²) in [6, 6.07) is 17.7. The topological polar surface area (TPSA) is 122 Å². The summed E-state index contributed by atoms with van der Waals surface area (Å²) in [5.74, 6) is 1.18. The van der Waals surface area contributed by atoms with Crippen LogP contribution in [0.5, 0.6) is 0 Å². The van der Waals surface area contributed by atoms with E-state index in [9.17, 15) is 5.26 Å². The smallest absolute Gasteiger partial charge is 0.236 e.